The van der Waals surface area contributed by atoms with Gasteiger partial charge in [0.1, 0.15) is 0 Å². The Morgan fingerprint density at radius 1 is 1.30 bits per heavy atom. The minimum Gasteiger partial charge on any atom is -0.377 e. The molecule has 1 aromatic carbocycles. The van der Waals surface area contributed by atoms with Gasteiger partial charge in [-0.1, -0.05) is 12.1 Å². The Morgan fingerprint density at radius 3 is 2.73 bits per heavy atom. The molecule has 1 fully saturated rings. The van der Waals surface area contributed by atoms with E-state index in [1.54, 1.807) is 30.4 Å². The Hall–Kier alpha value is -1.78. The lowest BCUT2D eigenvalue weighted by molar-refractivity contribution is -0.117. The van der Waals surface area contributed by atoms with Crippen LogP contribution in [0.2, 0.25) is 0 Å². The summed E-state index contributed by atoms with van der Waals surface area (Å²) in [5.41, 5.74) is 1.11. The minimum absolute atomic E-state index is 0.147. The van der Waals surface area contributed by atoms with Crippen LogP contribution in [0.1, 0.15) is 23.3 Å². The van der Waals surface area contributed by atoms with Crippen molar-refractivity contribution in [1.82, 2.24) is 9.21 Å². The van der Waals surface area contributed by atoms with Crippen LogP contribution in [0.5, 0.6) is 0 Å². The Kier molecular flexibility index (Phi) is 7.65. The lowest BCUT2D eigenvalue weighted by atomic mass is 10.2. The largest absolute Gasteiger partial charge is 0.377 e. The van der Waals surface area contributed by atoms with Gasteiger partial charge in [0.25, 0.3) is 0 Å². The molecule has 7 nitrogen and oxygen atoms in total. The van der Waals surface area contributed by atoms with E-state index >= 15 is 0 Å². The summed E-state index contributed by atoms with van der Waals surface area (Å²) in [4.78, 5) is 16.2. The molecule has 0 saturated carbocycles. The summed E-state index contributed by atoms with van der Waals surface area (Å²) in [5, 5.41) is 4.88. The summed E-state index contributed by atoms with van der Waals surface area (Å²) in [7, 11) is -0.595. The molecule has 0 spiro atoms. The second-order valence-corrected chi connectivity index (χ2v) is 10.9. The predicted molar refractivity (Wildman–Crippen MR) is 119 cm³/mol. The molecular weight excluding hydrogens is 422 g/mol. The van der Waals surface area contributed by atoms with E-state index < -0.39 is 10.0 Å². The summed E-state index contributed by atoms with van der Waals surface area (Å²) in [6, 6.07) is 9.02. The number of carbonyl (C=O) groups is 1. The fourth-order valence-electron chi connectivity index (χ4n) is 3.44. The highest BCUT2D eigenvalue weighted by atomic mass is 32.2. The SMILES string of the molecule is Cc1ccc(NC(=O)CN(Cc2cccs2)CC2CCCO2)cc1S(=O)(=O)N(C)C. The number of amides is 1. The number of nitrogens with one attached hydrogen (secondary N) is 1. The van der Waals surface area contributed by atoms with Gasteiger partial charge in [0.15, 0.2) is 0 Å². The monoisotopic (exact) mass is 451 g/mol. The highest BCUT2D eigenvalue weighted by molar-refractivity contribution is 7.89. The standard InChI is InChI=1S/C21H29N3O4S2/c1-16-8-9-17(12-20(16)30(26,27)23(2)3)22-21(25)15-24(13-18-6-4-10-28-18)14-19-7-5-11-29-19/h5,7-9,11-12,18H,4,6,10,13-15H2,1-3H3,(H,22,25). The van der Waals surface area contributed by atoms with Crippen molar-refractivity contribution in [2.75, 3.05) is 39.1 Å². The quantitative estimate of drug-likeness (QED) is 0.634. The summed E-state index contributed by atoms with van der Waals surface area (Å²) < 4.78 is 32.0. The molecule has 2 aromatic rings. The van der Waals surface area contributed by atoms with Crippen LogP contribution in [-0.4, -0.2) is 63.4 Å². The van der Waals surface area contributed by atoms with E-state index in [-0.39, 0.29) is 23.5 Å². The van der Waals surface area contributed by atoms with Crippen LogP contribution in [0.25, 0.3) is 0 Å². The number of sulfonamides is 1. The number of hydrogen-bond donors (Lipinski definition) is 1. The molecule has 1 aromatic heterocycles. The molecule has 0 aliphatic carbocycles. The van der Waals surface area contributed by atoms with Crippen LogP contribution < -0.4 is 5.32 Å². The fourth-order valence-corrected chi connectivity index (χ4v) is 5.33. The topological polar surface area (TPSA) is 79.0 Å². The Labute approximate surface area is 182 Å². The van der Waals surface area contributed by atoms with Crippen molar-refractivity contribution >= 4 is 33.0 Å². The molecule has 1 unspecified atom stereocenters. The number of benzene rings is 1. The second-order valence-electron chi connectivity index (χ2n) is 7.70. The molecule has 164 valence electrons. The number of thiophene rings is 1. The normalized spacial score (nSPS) is 17.0. The van der Waals surface area contributed by atoms with Crippen molar-refractivity contribution in [2.24, 2.45) is 0 Å². The van der Waals surface area contributed by atoms with Gasteiger partial charge in [-0.3, -0.25) is 9.69 Å². The zero-order valence-corrected chi connectivity index (χ0v) is 19.3. The molecule has 9 heteroatoms. The lowest BCUT2D eigenvalue weighted by Gasteiger charge is -2.24. The van der Waals surface area contributed by atoms with Crippen molar-refractivity contribution in [3.63, 3.8) is 0 Å². The van der Waals surface area contributed by atoms with Crippen molar-refractivity contribution < 1.29 is 17.9 Å². The minimum atomic E-state index is -3.58. The molecule has 1 saturated heterocycles. The van der Waals surface area contributed by atoms with Crippen LogP contribution in [0.15, 0.2) is 40.6 Å². The van der Waals surface area contributed by atoms with Crippen molar-refractivity contribution in [3.8, 4) is 0 Å². The first-order valence-corrected chi connectivity index (χ1v) is 12.3. The maximum Gasteiger partial charge on any atom is 0.242 e. The van der Waals surface area contributed by atoms with Crippen LogP contribution in [0.3, 0.4) is 0 Å². The molecule has 1 amide bonds. The van der Waals surface area contributed by atoms with E-state index in [1.807, 2.05) is 11.4 Å². The number of ether oxygens (including phenoxy) is 1. The van der Waals surface area contributed by atoms with E-state index in [0.29, 0.717) is 24.3 Å². The molecular formula is C21H29N3O4S2. The zero-order valence-electron chi connectivity index (χ0n) is 17.6. The third-order valence-corrected chi connectivity index (χ3v) is 7.86. The maximum atomic E-state index is 12.8. The van der Waals surface area contributed by atoms with Gasteiger partial charge >= 0.3 is 0 Å². The highest BCUT2D eigenvalue weighted by Gasteiger charge is 2.23. The summed E-state index contributed by atoms with van der Waals surface area (Å²) >= 11 is 1.66. The first-order chi connectivity index (χ1) is 14.3. The zero-order chi connectivity index (χ0) is 21.7. The first kappa shape index (κ1) is 22.9. The number of nitrogens with zero attached hydrogens (tertiary/aromatic N) is 2. The summed E-state index contributed by atoms with van der Waals surface area (Å²) in [5.74, 6) is -0.179. The molecule has 1 N–H and O–H groups in total. The average molecular weight is 452 g/mol. The molecule has 0 bridgehead atoms. The van der Waals surface area contributed by atoms with E-state index in [1.165, 1.54) is 29.3 Å². The van der Waals surface area contributed by atoms with Crippen molar-refractivity contribution in [3.05, 3.63) is 46.2 Å². The van der Waals surface area contributed by atoms with E-state index in [0.717, 1.165) is 19.4 Å². The molecule has 1 atom stereocenters. The van der Waals surface area contributed by atoms with E-state index in [9.17, 15) is 13.2 Å². The van der Waals surface area contributed by atoms with Crippen molar-refractivity contribution in [1.29, 1.82) is 0 Å². The summed E-state index contributed by atoms with van der Waals surface area (Å²) in [6.45, 7) is 4.10. The van der Waals surface area contributed by atoms with Gasteiger partial charge in [-0.2, -0.15) is 0 Å². The Bertz CT molecular complexity index is 953. The lowest BCUT2D eigenvalue weighted by Crippen LogP contribution is -2.37. The molecule has 30 heavy (non-hydrogen) atoms. The Balaban J connectivity index is 1.70. The maximum absolute atomic E-state index is 12.8. The second kappa shape index (κ2) is 10.0. The van der Waals surface area contributed by atoms with Crippen LogP contribution >= 0.6 is 11.3 Å². The van der Waals surface area contributed by atoms with Crippen molar-refractivity contribution in [2.45, 2.75) is 37.3 Å². The number of aryl methyl sites for hydroxylation is 1. The van der Waals surface area contributed by atoms with Gasteiger partial charge in [0.05, 0.1) is 17.5 Å². The predicted octanol–water partition coefficient (Wildman–Crippen LogP) is 2.93. The van der Waals surface area contributed by atoms with Crippen LogP contribution in [0.4, 0.5) is 5.69 Å². The third kappa shape index (κ3) is 5.89. The molecule has 2 heterocycles. The van der Waals surface area contributed by atoms with Crippen LogP contribution in [0, 0.1) is 6.92 Å². The number of carbonyl (C=O) groups excluding carboxylic acids is 1. The average Bonchev–Trinajstić information content (AvgIpc) is 3.37. The Morgan fingerprint density at radius 2 is 2.10 bits per heavy atom. The van der Waals surface area contributed by atoms with Gasteiger partial charge in [-0.15, -0.1) is 11.3 Å². The molecule has 3 rings (SSSR count). The third-order valence-electron chi connectivity index (χ3n) is 5.04. The first-order valence-electron chi connectivity index (χ1n) is 9.95. The number of hydrogen-bond acceptors (Lipinski definition) is 6. The van der Waals surface area contributed by atoms with Crippen LogP contribution in [-0.2, 0) is 26.1 Å². The van der Waals surface area contributed by atoms with Gasteiger partial charge in [-0.25, -0.2) is 12.7 Å². The highest BCUT2D eigenvalue weighted by Crippen LogP contribution is 2.23. The van der Waals surface area contributed by atoms with Gasteiger partial charge in [0.2, 0.25) is 15.9 Å². The van der Waals surface area contributed by atoms with E-state index in [2.05, 4.69) is 16.3 Å². The molecule has 1 aliphatic heterocycles. The molecule has 1 aliphatic rings. The number of anilines is 1. The molecule has 0 radical (unpaired) electrons. The van der Waals surface area contributed by atoms with Gasteiger partial charge < -0.3 is 10.1 Å². The smallest absolute Gasteiger partial charge is 0.242 e. The van der Waals surface area contributed by atoms with Gasteiger partial charge in [0, 0.05) is 44.4 Å². The fraction of sp³-hybridized carbons (Fsp3) is 0.476. The number of rotatable bonds is 9. The van der Waals surface area contributed by atoms with E-state index in [4.69, 9.17) is 4.74 Å². The summed E-state index contributed by atoms with van der Waals surface area (Å²) in [6.07, 6.45) is 2.21. The van der Waals surface area contributed by atoms with Gasteiger partial charge in [-0.05, 0) is 48.9 Å².